The highest BCUT2D eigenvalue weighted by Gasteiger charge is 2.16. The van der Waals surface area contributed by atoms with E-state index < -0.39 is 0 Å². The van der Waals surface area contributed by atoms with Gasteiger partial charge in [0.25, 0.3) is 0 Å². The van der Waals surface area contributed by atoms with Crippen molar-refractivity contribution < 1.29 is 9.53 Å². The van der Waals surface area contributed by atoms with Gasteiger partial charge in [-0.3, -0.25) is 4.79 Å². The van der Waals surface area contributed by atoms with E-state index in [1.807, 2.05) is 54.6 Å². The topological polar surface area (TPSA) is 26.3 Å². The number of hydrogen-bond donors (Lipinski definition) is 0. The van der Waals surface area contributed by atoms with Crippen LogP contribution in [0.4, 0.5) is 0 Å². The standard InChI is InChI=1S/C18H13BrO2/c1-21-13-10-12-6-2-3-7-14(12)16(11-13)18(20)15-8-4-5-9-17(15)19/h2-11H,1H3. The second-order valence-corrected chi connectivity index (χ2v) is 5.56. The largest absolute Gasteiger partial charge is 0.497 e. The lowest BCUT2D eigenvalue weighted by molar-refractivity contribution is 0.103. The molecule has 104 valence electrons. The molecule has 0 unspecified atom stereocenters. The van der Waals surface area contributed by atoms with Gasteiger partial charge in [0, 0.05) is 15.6 Å². The van der Waals surface area contributed by atoms with Gasteiger partial charge in [-0.25, -0.2) is 0 Å². The van der Waals surface area contributed by atoms with Crippen LogP contribution in [0, 0.1) is 0 Å². The van der Waals surface area contributed by atoms with Crippen molar-refractivity contribution in [3.8, 4) is 5.75 Å². The molecule has 0 fully saturated rings. The number of benzene rings is 3. The van der Waals surface area contributed by atoms with Crippen LogP contribution in [-0.2, 0) is 0 Å². The second-order valence-electron chi connectivity index (χ2n) is 4.71. The number of halogens is 1. The Labute approximate surface area is 131 Å². The third kappa shape index (κ3) is 2.57. The van der Waals surface area contributed by atoms with E-state index in [4.69, 9.17) is 4.74 Å². The molecule has 3 aromatic carbocycles. The van der Waals surface area contributed by atoms with Gasteiger partial charge < -0.3 is 4.74 Å². The molecule has 0 N–H and O–H groups in total. The summed E-state index contributed by atoms with van der Waals surface area (Å²) in [6, 6.07) is 19.0. The Hall–Kier alpha value is -2.13. The highest BCUT2D eigenvalue weighted by Crippen LogP contribution is 2.29. The van der Waals surface area contributed by atoms with Gasteiger partial charge in [0.05, 0.1) is 7.11 Å². The molecule has 0 amide bonds. The zero-order valence-corrected chi connectivity index (χ0v) is 13.1. The Bertz CT molecular complexity index is 824. The number of ketones is 1. The summed E-state index contributed by atoms with van der Waals surface area (Å²) >= 11 is 3.44. The average molecular weight is 341 g/mol. The summed E-state index contributed by atoms with van der Waals surface area (Å²) in [5.74, 6) is 0.668. The zero-order chi connectivity index (χ0) is 14.8. The first-order chi connectivity index (χ1) is 10.2. The molecular weight excluding hydrogens is 328 g/mol. The van der Waals surface area contributed by atoms with Crippen LogP contribution in [0.25, 0.3) is 10.8 Å². The number of carbonyl (C=O) groups excluding carboxylic acids is 1. The lowest BCUT2D eigenvalue weighted by Gasteiger charge is -2.10. The first-order valence-corrected chi connectivity index (χ1v) is 7.36. The van der Waals surface area contributed by atoms with E-state index in [0.717, 1.165) is 15.2 Å². The van der Waals surface area contributed by atoms with Crippen molar-refractivity contribution in [2.45, 2.75) is 0 Å². The Morgan fingerprint density at radius 1 is 0.952 bits per heavy atom. The molecule has 0 aliphatic heterocycles. The molecule has 3 aromatic rings. The van der Waals surface area contributed by atoms with Crippen molar-refractivity contribution in [1.82, 2.24) is 0 Å². The van der Waals surface area contributed by atoms with E-state index in [1.165, 1.54) is 0 Å². The highest BCUT2D eigenvalue weighted by atomic mass is 79.9. The van der Waals surface area contributed by atoms with Gasteiger partial charge in [-0.05, 0) is 35.0 Å². The fourth-order valence-corrected chi connectivity index (χ4v) is 2.84. The molecule has 3 rings (SSSR count). The Balaban J connectivity index is 2.24. The maximum atomic E-state index is 12.9. The van der Waals surface area contributed by atoms with E-state index in [2.05, 4.69) is 15.9 Å². The van der Waals surface area contributed by atoms with Crippen molar-refractivity contribution in [2.24, 2.45) is 0 Å². The van der Waals surface area contributed by atoms with Gasteiger partial charge in [0.2, 0.25) is 0 Å². The van der Waals surface area contributed by atoms with Crippen molar-refractivity contribution >= 4 is 32.5 Å². The van der Waals surface area contributed by atoms with E-state index in [1.54, 1.807) is 13.2 Å². The lowest BCUT2D eigenvalue weighted by Crippen LogP contribution is -2.03. The Kier molecular flexibility index (Phi) is 3.76. The molecule has 0 saturated carbocycles. The molecule has 0 aromatic heterocycles. The van der Waals surface area contributed by atoms with Crippen LogP contribution >= 0.6 is 15.9 Å². The number of hydrogen-bond acceptors (Lipinski definition) is 2. The molecule has 21 heavy (non-hydrogen) atoms. The summed E-state index contributed by atoms with van der Waals surface area (Å²) in [7, 11) is 1.61. The van der Waals surface area contributed by atoms with Crippen molar-refractivity contribution in [3.05, 3.63) is 76.3 Å². The van der Waals surface area contributed by atoms with Gasteiger partial charge in [0.1, 0.15) is 5.75 Å². The van der Waals surface area contributed by atoms with Crippen molar-refractivity contribution in [3.63, 3.8) is 0 Å². The summed E-state index contributed by atoms with van der Waals surface area (Å²) in [6.07, 6.45) is 0. The van der Waals surface area contributed by atoms with Crippen LogP contribution in [0.3, 0.4) is 0 Å². The molecule has 3 heteroatoms. The quantitative estimate of drug-likeness (QED) is 0.637. The molecule has 0 radical (unpaired) electrons. The minimum Gasteiger partial charge on any atom is -0.497 e. The molecular formula is C18H13BrO2. The first kappa shape index (κ1) is 13.8. The molecule has 0 atom stereocenters. The first-order valence-electron chi connectivity index (χ1n) is 6.56. The molecule has 0 spiro atoms. The van der Waals surface area contributed by atoms with Gasteiger partial charge in [-0.1, -0.05) is 52.3 Å². The monoisotopic (exact) mass is 340 g/mol. The predicted molar refractivity (Wildman–Crippen MR) is 88.1 cm³/mol. The maximum absolute atomic E-state index is 12.9. The number of rotatable bonds is 3. The summed E-state index contributed by atoms with van der Waals surface area (Å²) in [4.78, 5) is 12.9. The smallest absolute Gasteiger partial charge is 0.194 e. The number of methoxy groups -OCH3 is 1. The summed E-state index contributed by atoms with van der Waals surface area (Å²) in [5.41, 5.74) is 1.30. The molecule has 2 nitrogen and oxygen atoms in total. The summed E-state index contributed by atoms with van der Waals surface area (Å²) < 4.78 is 6.11. The van der Waals surface area contributed by atoms with Gasteiger partial charge in [-0.15, -0.1) is 0 Å². The predicted octanol–water partition coefficient (Wildman–Crippen LogP) is 4.84. The molecule has 0 heterocycles. The van der Waals surface area contributed by atoms with E-state index in [0.29, 0.717) is 16.9 Å². The minimum absolute atomic E-state index is 0.0161. The Morgan fingerprint density at radius 3 is 2.43 bits per heavy atom. The Morgan fingerprint density at radius 2 is 1.67 bits per heavy atom. The van der Waals surface area contributed by atoms with Crippen LogP contribution in [0.1, 0.15) is 15.9 Å². The normalized spacial score (nSPS) is 10.6. The number of ether oxygens (including phenoxy) is 1. The molecule has 0 bridgehead atoms. The molecule has 0 aliphatic rings. The number of carbonyl (C=O) groups is 1. The van der Waals surface area contributed by atoms with E-state index in [9.17, 15) is 4.79 Å². The van der Waals surface area contributed by atoms with Gasteiger partial charge >= 0.3 is 0 Å². The SMILES string of the molecule is COc1cc(C(=O)c2ccccc2Br)c2ccccc2c1. The van der Waals surface area contributed by atoms with E-state index >= 15 is 0 Å². The van der Waals surface area contributed by atoms with Crippen LogP contribution in [-0.4, -0.2) is 12.9 Å². The third-order valence-corrected chi connectivity index (χ3v) is 4.13. The molecule has 0 aliphatic carbocycles. The average Bonchev–Trinajstić information content (AvgIpc) is 2.53. The van der Waals surface area contributed by atoms with Crippen molar-refractivity contribution in [1.29, 1.82) is 0 Å². The van der Waals surface area contributed by atoms with Gasteiger partial charge in [0.15, 0.2) is 5.78 Å². The molecule has 0 saturated heterocycles. The maximum Gasteiger partial charge on any atom is 0.194 e. The number of fused-ring (bicyclic) bond motifs is 1. The van der Waals surface area contributed by atoms with Crippen LogP contribution in [0.5, 0.6) is 5.75 Å². The van der Waals surface area contributed by atoms with Crippen molar-refractivity contribution in [2.75, 3.05) is 7.11 Å². The summed E-state index contributed by atoms with van der Waals surface area (Å²) in [5, 5.41) is 1.92. The van der Waals surface area contributed by atoms with Crippen LogP contribution in [0.15, 0.2) is 65.1 Å². The van der Waals surface area contributed by atoms with E-state index in [-0.39, 0.29) is 5.78 Å². The lowest BCUT2D eigenvalue weighted by atomic mass is 9.97. The van der Waals surface area contributed by atoms with Crippen LogP contribution < -0.4 is 4.74 Å². The zero-order valence-electron chi connectivity index (χ0n) is 11.5. The fraction of sp³-hybridized carbons (Fsp3) is 0.0556. The fourth-order valence-electron chi connectivity index (χ4n) is 2.38. The van der Waals surface area contributed by atoms with Crippen LogP contribution in [0.2, 0.25) is 0 Å². The third-order valence-electron chi connectivity index (χ3n) is 3.43. The minimum atomic E-state index is -0.0161. The highest BCUT2D eigenvalue weighted by molar-refractivity contribution is 9.10. The summed E-state index contributed by atoms with van der Waals surface area (Å²) in [6.45, 7) is 0. The van der Waals surface area contributed by atoms with Gasteiger partial charge in [-0.2, -0.15) is 0 Å². The second kappa shape index (κ2) is 5.70.